The summed E-state index contributed by atoms with van der Waals surface area (Å²) in [6, 6.07) is 0. The molecule has 3 N–H and O–H groups in total. The van der Waals surface area contributed by atoms with Gasteiger partial charge in [-0.2, -0.15) is 0 Å². The molecule has 0 saturated heterocycles. The van der Waals surface area contributed by atoms with Crippen LogP contribution in [0.1, 0.15) is 70.9 Å². The molecule has 5 nitrogen and oxygen atoms in total. The maximum atomic E-state index is 11.5. The van der Waals surface area contributed by atoms with Gasteiger partial charge in [-0.15, -0.1) is 0 Å². The molecule has 0 aliphatic rings. The van der Waals surface area contributed by atoms with Gasteiger partial charge in [-0.25, -0.2) is 9.59 Å². The monoisotopic (exact) mass is 372 g/mol. The van der Waals surface area contributed by atoms with Crippen molar-refractivity contribution in [3.05, 3.63) is 26.7 Å². The molecule has 0 fully saturated rings. The highest BCUT2D eigenvalue weighted by Gasteiger charge is 2.27. The van der Waals surface area contributed by atoms with Crippen molar-refractivity contribution in [3.63, 3.8) is 0 Å². The lowest BCUT2D eigenvalue weighted by Crippen LogP contribution is -2.13. The molecule has 0 unspecified atom stereocenters. The van der Waals surface area contributed by atoms with E-state index < -0.39 is 17.7 Å². The summed E-state index contributed by atoms with van der Waals surface area (Å²) >= 11 is 3.08. The van der Waals surface area contributed by atoms with Gasteiger partial charge in [0.05, 0.1) is 10.0 Å². The van der Waals surface area contributed by atoms with Crippen molar-refractivity contribution in [2.24, 2.45) is 0 Å². The van der Waals surface area contributed by atoms with E-state index in [4.69, 9.17) is 0 Å². The molecule has 0 spiro atoms. The third kappa shape index (κ3) is 4.00. The summed E-state index contributed by atoms with van der Waals surface area (Å²) < 4.78 is 0.122. The molecule has 0 amide bonds. The number of phenols is 1. The van der Waals surface area contributed by atoms with E-state index in [1.807, 2.05) is 0 Å². The van der Waals surface area contributed by atoms with Crippen molar-refractivity contribution in [1.29, 1.82) is 0 Å². The van der Waals surface area contributed by atoms with Gasteiger partial charge in [0.2, 0.25) is 0 Å². The van der Waals surface area contributed by atoms with Crippen molar-refractivity contribution in [3.8, 4) is 5.75 Å². The molecule has 0 heterocycles. The molecule has 122 valence electrons. The van der Waals surface area contributed by atoms with Crippen molar-refractivity contribution in [2.45, 2.75) is 52.4 Å². The number of unbranched alkanes of at least 4 members (excludes halogenated alkanes) is 4. The van der Waals surface area contributed by atoms with E-state index in [0.717, 1.165) is 25.7 Å². The zero-order valence-electron chi connectivity index (χ0n) is 12.8. The fraction of sp³-hybridized carbons (Fsp3) is 0.500. The van der Waals surface area contributed by atoms with Crippen LogP contribution < -0.4 is 0 Å². The van der Waals surface area contributed by atoms with Gasteiger partial charge >= 0.3 is 11.9 Å². The van der Waals surface area contributed by atoms with Crippen molar-refractivity contribution in [1.82, 2.24) is 0 Å². The number of aromatic carboxylic acids is 2. The molecule has 0 radical (unpaired) electrons. The molecule has 0 aliphatic carbocycles. The van der Waals surface area contributed by atoms with Crippen molar-refractivity contribution >= 4 is 27.9 Å². The van der Waals surface area contributed by atoms with Crippen LogP contribution in [0.15, 0.2) is 4.47 Å². The van der Waals surface area contributed by atoms with Gasteiger partial charge in [-0.3, -0.25) is 0 Å². The summed E-state index contributed by atoms with van der Waals surface area (Å²) in [6.07, 6.45) is 5.15. The van der Waals surface area contributed by atoms with Crippen LogP contribution in [-0.4, -0.2) is 27.3 Å². The SMILES string of the molecule is CCCCCCCc1c(C(=O)O)c(C)c(Br)c(O)c1C(=O)O. The minimum absolute atomic E-state index is 0.0300. The van der Waals surface area contributed by atoms with Gasteiger partial charge in [0.15, 0.2) is 0 Å². The molecule has 1 aromatic rings. The molecule has 1 rings (SSSR count). The molecule has 0 aliphatic heterocycles. The molecule has 1 aromatic carbocycles. The number of halogens is 1. The molecular formula is C16H21BrO5. The Morgan fingerprint density at radius 1 is 1.00 bits per heavy atom. The summed E-state index contributed by atoms with van der Waals surface area (Å²) in [5, 5.41) is 28.8. The van der Waals surface area contributed by atoms with Crippen molar-refractivity contribution in [2.75, 3.05) is 0 Å². The van der Waals surface area contributed by atoms with Crippen LogP contribution in [0.3, 0.4) is 0 Å². The highest BCUT2D eigenvalue weighted by atomic mass is 79.9. The first kappa shape index (κ1) is 18.5. The predicted molar refractivity (Wildman–Crippen MR) is 86.9 cm³/mol. The number of rotatable bonds is 8. The Morgan fingerprint density at radius 2 is 1.55 bits per heavy atom. The first-order valence-electron chi connectivity index (χ1n) is 7.33. The molecule has 6 heteroatoms. The summed E-state index contributed by atoms with van der Waals surface area (Å²) in [5.41, 5.74) is 0.205. The highest BCUT2D eigenvalue weighted by molar-refractivity contribution is 9.10. The second kappa shape index (κ2) is 8.17. The fourth-order valence-electron chi connectivity index (χ4n) is 2.57. The van der Waals surface area contributed by atoms with E-state index in [2.05, 4.69) is 22.9 Å². The van der Waals surface area contributed by atoms with Crippen LogP contribution >= 0.6 is 15.9 Å². The van der Waals surface area contributed by atoms with Crippen LogP contribution in [0.2, 0.25) is 0 Å². The standard InChI is InChI=1S/C16H21BrO5/c1-3-4-5-6-7-8-10-11(15(19)20)9(2)13(17)14(18)12(10)16(21)22/h18H,3-8H2,1-2H3,(H,19,20)(H,21,22). The Balaban J connectivity index is 3.26. The Morgan fingerprint density at radius 3 is 2.05 bits per heavy atom. The average molecular weight is 373 g/mol. The van der Waals surface area contributed by atoms with Gasteiger partial charge in [0.1, 0.15) is 11.3 Å². The molecule has 0 saturated carbocycles. The van der Waals surface area contributed by atoms with Gasteiger partial charge in [-0.05, 0) is 46.8 Å². The maximum absolute atomic E-state index is 11.5. The first-order valence-corrected chi connectivity index (χ1v) is 8.12. The maximum Gasteiger partial charge on any atom is 0.339 e. The zero-order valence-corrected chi connectivity index (χ0v) is 14.4. The fourth-order valence-corrected chi connectivity index (χ4v) is 2.96. The smallest absolute Gasteiger partial charge is 0.339 e. The Hall–Kier alpha value is -1.56. The molecule has 0 aromatic heterocycles. The molecule has 22 heavy (non-hydrogen) atoms. The Bertz CT molecular complexity index is 539. The Labute approximate surface area is 138 Å². The zero-order chi connectivity index (χ0) is 16.9. The number of aromatic hydroxyl groups is 1. The van der Waals surface area contributed by atoms with Crippen LogP contribution in [0.4, 0.5) is 0 Å². The third-order valence-corrected chi connectivity index (χ3v) is 4.68. The number of carboxylic acid groups (broad SMARTS) is 2. The summed E-state index contributed by atoms with van der Waals surface area (Å²) in [5.74, 6) is -2.90. The van der Waals surface area contributed by atoms with E-state index in [1.165, 1.54) is 0 Å². The second-order valence-electron chi connectivity index (χ2n) is 5.29. The lowest BCUT2D eigenvalue weighted by atomic mass is 9.91. The normalized spacial score (nSPS) is 10.7. The van der Waals surface area contributed by atoms with Gasteiger partial charge in [0.25, 0.3) is 0 Å². The van der Waals surface area contributed by atoms with E-state index in [1.54, 1.807) is 6.92 Å². The minimum Gasteiger partial charge on any atom is -0.506 e. The van der Waals surface area contributed by atoms with E-state index >= 15 is 0 Å². The molecule has 0 atom stereocenters. The number of benzene rings is 1. The van der Waals surface area contributed by atoms with Crippen LogP contribution in [0.25, 0.3) is 0 Å². The lowest BCUT2D eigenvalue weighted by molar-refractivity contribution is 0.0692. The van der Waals surface area contributed by atoms with E-state index in [-0.39, 0.29) is 21.2 Å². The highest BCUT2D eigenvalue weighted by Crippen LogP contribution is 2.37. The minimum atomic E-state index is -1.32. The topological polar surface area (TPSA) is 94.8 Å². The Kier molecular flexibility index (Phi) is 6.87. The second-order valence-corrected chi connectivity index (χ2v) is 6.08. The lowest BCUT2D eigenvalue weighted by Gasteiger charge is -2.16. The van der Waals surface area contributed by atoms with E-state index in [0.29, 0.717) is 18.4 Å². The van der Waals surface area contributed by atoms with E-state index in [9.17, 15) is 24.9 Å². The molecule has 0 bridgehead atoms. The van der Waals surface area contributed by atoms with Crippen LogP contribution in [0.5, 0.6) is 5.75 Å². The van der Waals surface area contributed by atoms with Gasteiger partial charge < -0.3 is 15.3 Å². The first-order chi connectivity index (χ1) is 10.3. The number of hydrogen-bond acceptors (Lipinski definition) is 3. The predicted octanol–water partition coefficient (Wildman–Crippen LogP) is 4.37. The summed E-state index contributed by atoms with van der Waals surface area (Å²) in [6.45, 7) is 3.65. The van der Waals surface area contributed by atoms with Crippen LogP contribution in [-0.2, 0) is 6.42 Å². The average Bonchev–Trinajstić information content (AvgIpc) is 2.43. The van der Waals surface area contributed by atoms with Crippen LogP contribution in [0, 0.1) is 6.92 Å². The van der Waals surface area contributed by atoms with Gasteiger partial charge in [-0.1, -0.05) is 32.6 Å². The number of hydrogen-bond donors (Lipinski definition) is 3. The van der Waals surface area contributed by atoms with Gasteiger partial charge in [0, 0.05) is 0 Å². The molecular weight excluding hydrogens is 352 g/mol. The number of carboxylic acids is 2. The van der Waals surface area contributed by atoms with Crippen molar-refractivity contribution < 1.29 is 24.9 Å². The summed E-state index contributed by atoms with van der Waals surface area (Å²) in [4.78, 5) is 23.0. The third-order valence-electron chi connectivity index (χ3n) is 3.71. The number of carbonyl (C=O) groups is 2. The summed E-state index contributed by atoms with van der Waals surface area (Å²) in [7, 11) is 0. The largest absolute Gasteiger partial charge is 0.506 e. The quantitative estimate of drug-likeness (QED) is 0.588.